The minimum absolute atomic E-state index is 0.575. The van der Waals surface area contributed by atoms with Gasteiger partial charge in [-0.15, -0.1) is 10.2 Å². The minimum Gasteiger partial charge on any atom is -0.497 e. The number of benzene rings is 2. The molecular weight excluding hydrogens is 418 g/mol. The molecule has 0 N–H and O–H groups in total. The van der Waals surface area contributed by atoms with E-state index in [2.05, 4.69) is 26.1 Å². The summed E-state index contributed by atoms with van der Waals surface area (Å²) in [7, 11) is 1.65. The smallest absolute Gasteiger partial charge is 0.195 e. The van der Waals surface area contributed by atoms with Crippen molar-refractivity contribution in [3.05, 3.63) is 52.8 Å². The first kappa shape index (κ1) is 17.2. The molecule has 0 radical (unpaired) electrons. The Kier molecular flexibility index (Phi) is 5.03. The normalized spacial score (nSPS) is 12.8. The van der Waals surface area contributed by atoms with E-state index in [4.69, 9.17) is 14.2 Å². The molecule has 134 valence electrons. The van der Waals surface area contributed by atoms with Crippen molar-refractivity contribution in [2.45, 2.75) is 10.9 Å². The van der Waals surface area contributed by atoms with Crippen LogP contribution >= 0.6 is 27.7 Å². The number of thioether (sulfide) groups is 1. The SMILES string of the molecule is COc1cccc(-n2cnnc2SCc2cc3c(cc2Br)OCCO3)c1. The van der Waals surface area contributed by atoms with Gasteiger partial charge in [0.05, 0.1) is 12.8 Å². The molecule has 1 aliphatic heterocycles. The zero-order chi connectivity index (χ0) is 17.9. The lowest BCUT2D eigenvalue weighted by atomic mass is 10.2. The highest BCUT2D eigenvalue weighted by molar-refractivity contribution is 9.10. The van der Waals surface area contributed by atoms with E-state index in [1.54, 1.807) is 25.2 Å². The Bertz CT molecular complexity index is 932. The number of methoxy groups -OCH3 is 1. The van der Waals surface area contributed by atoms with Gasteiger partial charge in [-0.05, 0) is 29.8 Å². The molecular formula is C18H16BrN3O3S. The van der Waals surface area contributed by atoms with Crippen LogP contribution < -0.4 is 14.2 Å². The average Bonchev–Trinajstić information content (AvgIpc) is 3.15. The van der Waals surface area contributed by atoms with Gasteiger partial charge in [0.2, 0.25) is 0 Å². The number of rotatable bonds is 5. The molecule has 2 aromatic carbocycles. The topological polar surface area (TPSA) is 58.4 Å². The van der Waals surface area contributed by atoms with Gasteiger partial charge in [0.1, 0.15) is 25.3 Å². The lowest BCUT2D eigenvalue weighted by molar-refractivity contribution is 0.171. The van der Waals surface area contributed by atoms with Crippen LogP contribution in [0.25, 0.3) is 5.69 Å². The van der Waals surface area contributed by atoms with E-state index >= 15 is 0 Å². The summed E-state index contributed by atoms with van der Waals surface area (Å²) in [5.74, 6) is 3.07. The summed E-state index contributed by atoms with van der Waals surface area (Å²) in [6.07, 6.45) is 1.70. The Morgan fingerprint density at radius 2 is 2.00 bits per heavy atom. The minimum atomic E-state index is 0.575. The highest BCUT2D eigenvalue weighted by Gasteiger charge is 2.16. The van der Waals surface area contributed by atoms with Gasteiger partial charge in [0, 0.05) is 16.3 Å². The Morgan fingerprint density at radius 1 is 1.19 bits per heavy atom. The second kappa shape index (κ2) is 7.59. The number of halogens is 1. The number of nitrogens with zero attached hydrogens (tertiary/aromatic N) is 3. The van der Waals surface area contributed by atoms with Crippen molar-refractivity contribution in [1.29, 1.82) is 0 Å². The number of fused-ring (bicyclic) bond motifs is 1. The van der Waals surface area contributed by atoms with Crippen LogP contribution in [0.15, 0.2) is 52.4 Å². The first-order valence-corrected chi connectivity index (χ1v) is 9.78. The van der Waals surface area contributed by atoms with Gasteiger partial charge in [-0.3, -0.25) is 4.57 Å². The molecule has 4 rings (SSSR count). The van der Waals surface area contributed by atoms with E-state index in [1.807, 2.05) is 41.0 Å². The van der Waals surface area contributed by atoms with Crippen LogP contribution in [0.4, 0.5) is 0 Å². The molecule has 0 spiro atoms. The Balaban J connectivity index is 1.55. The molecule has 0 saturated heterocycles. The molecule has 26 heavy (non-hydrogen) atoms. The van der Waals surface area contributed by atoms with Crippen LogP contribution in [0.2, 0.25) is 0 Å². The maximum absolute atomic E-state index is 5.67. The summed E-state index contributed by atoms with van der Waals surface area (Å²) in [6.45, 7) is 1.16. The van der Waals surface area contributed by atoms with Crippen molar-refractivity contribution in [3.63, 3.8) is 0 Å². The van der Waals surface area contributed by atoms with Crippen molar-refractivity contribution in [2.24, 2.45) is 0 Å². The third kappa shape index (κ3) is 3.52. The van der Waals surface area contributed by atoms with Crippen molar-refractivity contribution in [2.75, 3.05) is 20.3 Å². The summed E-state index contributed by atoms with van der Waals surface area (Å²) < 4.78 is 19.5. The van der Waals surface area contributed by atoms with Gasteiger partial charge in [-0.1, -0.05) is 33.8 Å². The lowest BCUT2D eigenvalue weighted by Gasteiger charge is -2.19. The van der Waals surface area contributed by atoms with E-state index < -0.39 is 0 Å². The van der Waals surface area contributed by atoms with Crippen LogP contribution in [0.3, 0.4) is 0 Å². The van der Waals surface area contributed by atoms with E-state index in [0.29, 0.717) is 13.2 Å². The largest absolute Gasteiger partial charge is 0.497 e. The molecule has 0 aliphatic carbocycles. The Labute approximate surface area is 163 Å². The molecule has 0 bridgehead atoms. The number of ether oxygens (including phenoxy) is 3. The van der Waals surface area contributed by atoms with Gasteiger partial charge in [-0.25, -0.2) is 0 Å². The van der Waals surface area contributed by atoms with Gasteiger partial charge >= 0.3 is 0 Å². The predicted octanol–water partition coefficient (Wildman–Crippen LogP) is 4.10. The van der Waals surface area contributed by atoms with Crippen LogP contribution in [-0.2, 0) is 5.75 Å². The standard InChI is InChI=1S/C18H16BrN3O3S/c1-23-14-4-2-3-13(8-14)22-11-20-21-18(22)26-10-12-7-16-17(9-15(12)19)25-6-5-24-16/h2-4,7-9,11H,5-6,10H2,1H3. The highest BCUT2D eigenvalue weighted by Crippen LogP contribution is 2.37. The van der Waals surface area contributed by atoms with Gasteiger partial charge < -0.3 is 14.2 Å². The number of hydrogen-bond acceptors (Lipinski definition) is 6. The molecule has 1 aliphatic rings. The Hall–Kier alpha value is -2.19. The molecule has 0 unspecified atom stereocenters. The summed E-state index contributed by atoms with van der Waals surface area (Å²) in [5.41, 5.74) is 2.07. The molecule has 0 saturated carbocycles. The second-order valence-electron chi connectivity index (χ2n) is 5.56. The molecule has 2 heterocycles. The molecule has 1 aromatic heterocycles. The van der Waals surface area contributed by atoms with E-state index in [-0.39, 0.29) is 0 Å². The zero-order valence-electron chi connectivity index (χ0n) is 14.0. The van der Waals surface area contributed by atoms with Crippen LogP contribution in [0.1, 0.15) is 5.56 Å². The molecule has 3 aromatic rings. The molecule has 0 fully saturated rings. The van der Waals surface area contributed by atoms with Crippen LogP contribution in [0, 0.1) is 0 Å². The summed E-state index contributed by atoms with van der Waals surface area (Å²) in [4.78, 5) is 0. The van der Waals surface area contributed by atoms with E-state index in [0.717, 1.165) is 43.9 Å². The highest BCUT2D eigenvalue weighted by atomic mass is 79.9. The second-order valence-corrected chi connectivity index (χ2v) is 7.36. The number of hydrogen-bond donors (Lipinski definition) is 0. The third-order valence-corrected chi connectivity index (χ3v) is 5.65. The van der Waals surface area contributed by atoms with Gasteiger partial charge in [-0.2, -0.15) is 0 Å². The molecule has 0 amide bonds. The predicted molar refractivity (Wildman–Crippen MR) is 103 cm³/mol. The molecule has 6 nitrogen and oxygen atoms in total. The fourth-order valence-corrected chi connectivity index (χ4v) is 4.19. The Morgan fingerprint density at radius 3 is 2.81 bits per heavy atom. The van der Waals surface area contributed by atoms with Crippen molar-refractivity contribution >= 4 is 27.7 Å². The monoisotopic (exact) mass is 433 g/mol. The quantitative estimate of drug-likeness (QED) is 0.564. The fraction of sp³-hybridized carbons (Fsp3) is 0.222. The average molecular weight is 434 g/mol. The maximum atomic E-state index is 5.67. The first-order chi connectivity index (χ1) is 12.7. The number of aromatic nitrogens is 3. The van der Waals surface area contributed by atoms with E-state index in [1.165, 1.54) is 0 Å². The fourth-order valence-electron chi connectivity index (χ4n) is 2.62. The third-order valence-electron chi connectivity index (χ3n) is 3.92. The summed E-state index contributed by atoms with van der Waals surface area (Å²) in [6, 6.07) is 11.8. The maximum Gasteiger partial charge on any atom is 0.195 e. The van der Waals surface area contributed by atoms with Crippen LogP contribution in [-0.4, -0.2) is 35.1 Å². The van der Waals surface area contributed by atoms with Crippen molar-refractivity contribution in [1.82, 2.24) is 14.8 Å². The summed E-state index contributed by atoms with van der Waals surface area (Å²) in [5, 5.41) is 9.10. The molecule has 8 heteroatoms. The van der Waals surface area contributed by atoms with Crippen molar-refractivity contribution in [3.8, 4) is 22.9 Å². The lowest BCUT2D eigenvalue weighted by Crippen LogP contribution is -2.15. The first-order valence-electron chi connectivity index (χ1n) is 8.00. The zero-order valence-corrected chi connectivity index (χ0v) is 16.4. The van der Waals surface area contributed by atoms with Crippen LogP contribution in [0.5, 0.6) is 17.2 Å². The van der Waals surface area contributed by atoms with E-state index in [9.17, 15) is 0 Å². The summed E-state index contributed by atoms with van der Waals surface area (Å²) >= 11 is 5.22. The molecule has 0 atom stereocenters. The van der Waals surface area contributed by atoms with Crippen molar-refractivity contribution < 1.29 is 14.2 Å². The van der Waals surface area contributed by atoms with Gasteiger partial charge in [0.15, 0.2) is 16.7 Å². The van der Waals surface area contributed by atoms with Gasteiger partial charge in [0.25, 0.3) is 0 Å².